The van der Waals surface area contributed by atoms with Crippen LogP contribution < -0.4 is 0 Å². The minimum absolute atomic E-state index is 0.0822. The number of carbonyl (C=O) groups excluding carboxylic acids is 1. The number of likely N-dealkylation sites (tertiary alicyclic amines) is 1. The Morgan fingerprint density at radius 3 is 2.80 bits per heavy atom. The van der Waals surface area contributed by atoms with Crippen LogP contribution in [0.25, 0.3) is 0 Å². The molecule has 7 heteroatoms. The molecule has 1 aromatic carbocycles. The van der Waals surface area contributed by atoms with Crippen LogP contribution in [0.4, 0.5) is 4.39 Å². The van der Waals surface area contributed by atoms with Crippen molar-refractivity contribution < 1.29 is 19.0 Å². The zero-order valence-corrected chi connectivity index (χ0v) is 15.0. The molecule has 0 saturated carbocycles. The SMILES string of the molecule is O=C(Cc1ccc(F)cc1Cl)N1CCOCC(O)(CN2CCCC2)C1. The highest BCUT2D eigenvalue weighted by molar-refractivity contribution is 6.31. The highest BCUT2D eigenvalue weighted by atomic mass is 35.5. The lowest BCUT2D eigenvalue weighted by atomic mass is 10.0. The summed E-state index contributed by atoms with van der Waals surface area (Å²) >= 11 is 6.02. The summed E-state index contributed by atoms with van der Waals surface area (Å²) in [5.74, 6) is -0.566. The number of hydrogen-bond acceptors (Lipinski definition) is 4. The Labute approximate surface area is 152 Å². The first-order chi connectivity index (χ1) is 12.0. The predicted octanol–water partition coefficient (Wildman–Crippen LogP) is 1.71. The Hall–Kier alpha value is -1.21. The van der Waals surface area contributed by atoms with Crippen LogP contribution in [0.2, 0.25) is 5.02 Å². The number of rotatable bonds is 4. The van der Waals surface area contributed by atoms with Gasteiger partial charge in [-0.2, -0.15) is 0 Å². The standard InChI is InChI=1S/C18H24ClFN2O3/c19-16-10-15(20)4-3-14(16)9-17(23)22-7-8-25-13-18(24,12-22)11-21-5-1-2-6-21/h3-4,10,24H,1-2,5-9,11-13H2. The van der Waals surface area contributed by atoms with Gasteiger partial charge in [-0.3, -0.25) is 4.79 Å². The maximum Gasteiger partial charge on any atom is 0.227 e. The van der Waals surface area contributed by atoms with Gasteiger partial charge in [0.25, 0.3) is 0 Å². The van der Waals surface area contributed by atoms with Crippen molar-refractivity contribution in [3.8, 4) is 0 Å². The molecule has 5 nitrogen and oxygen atoms in total. The minimum Gasteiger partial charge on any atom is -0.384 e. The average Bonchev–Trinajstić information content (AvgIpc) is 2.97. The molecule has 25 heavy (non-hydrogen) atoms. The van der Waals surface area contributed by atoms with Gasteiger partial charge >= 0.3 is 0 Å². The first-order valence-electron chi connectivity index (χ1n) is 8.69. The molecule has 0 aliphatic carbocycles. The molecule has 2 fully saturated rings. The van der Waals surface area contributed by atoms with Crippen LogP contribution in [0.15, 0.2) is 18.2 Å². The highest BCUT2D eigenvalue weighted by Crippen LogP contribution is 2.21. The van der Waals surface area contributed by atoms with E-state index in [9.17, 15) is 14.3 Å². The number of nitrogens with zero attached hydrogens (tertiary/aromatic N) is 2. The molecule has 2 heterocycles. The lowest BCUT2D eigenvalue weighted by Crippen LogP contribution is -2.53. The van der Waals surface area contributed by atoms with Crippen molar-refractivity contribution in [1.29, 1.82) is 0 Å². The predicted molar refractivity (Wildman–Crippen MR) is 93.1 cm³/mol. The Morgan fingerprint density at radius 1 is 1.32 bits per heavy atom. The van der Waals surface area contributed by atoms with Gasteiger partial charge in [0.2, 0.25) is 5.91 Å². The van der Waals surface area contributed by atoms with Gasteiger partial charge in [0.1, 0.15) is 11.4 Å². The fraction of sp³-hybridized carbons (Fsp3) is 0.611. The Kier molecular flexibility index (Phi) is 5.94. The van der Waals surface area contributed by atoms with Crippen LogP contribution in [0.3, 0.4) is 0 Å². The van der Waals surface area contributed by atoms with Gasteiger partial charge in [-0.05, 0) is 43.6 Å². The third-order valence-electron chi connectivity index (χ3n) is 4.79. The van der Waals surface area contributed by atoms with Crippen molar-refractivity contribution in [3.63, 3.8) is 0 Å². The third-order valence-corrected chi connectivity index (χ3v) is 5.14. The van der Waals surface area contributed by atoms with E-state index in [1.54, 1.807) is 4.90 Å². The topological polar surface area (TPSA) is 53.0 Å². The summed E-state index contributed by atoms with van der Waals surface area (Å²) in [6.07, 6.45) is 2.37. The van der Waals surface area contributed by atoms with Gasteiger partial charge in [0, 0.05) is 18.1 Å². The van der Waals surface area contributed by atoms with E-state index in [1.807, 2.05) is 0 Å². The molecule has 0 spiro atoms. The van der Waals surface area contributed by atoms with Crippen LogP contribution in [-0.2, 0) is 16.0 Å². The lowest BCUT2D eigenvalue weighted by molar-refractivity contribution is -0.133. The molecule has 0 bridgehead atoms. The number of ether oxygens (including phenoxy) is 1. The maximum absolute atomic E-state index is 13.2. The van der Waals surface area contributed by atoms with E-state index in [2.05, 4.69) is 4.90 Å². The van der Waals surface area contributed by atoms with Gasteiger partial charge in [-0.1, -0.05) is 17.7 Å². The second kappa shape index (κ2) is 7.99. The molecule has 0 aromatic heterocycles. The van der Waals surface area contributed by atoms with Crippen molar-refractivity contribution in [2.75, 3.05) is 45.9 Å². The molecule has 1 amide bonds. The number of β-amino-alcohol motifs (C(OH)–C–C–N with tert-alkyl or cyclic N) is 1. The fourth-order valence-electron chi connectivity index (χ4n) is 3.52. The van der Waals surface area contributed by atoms with E-state index in [1.165, 1.54) is 18.2 Å². The molecular weight excluding hydrogens is 347 g/mol. The van der Waals surface area contributed by atoms with Crippen molar-refractivity contribution in [3.05, 3.63) is 34.6 Å². The first-order valence-corrected chi connectivity index (χ1v) is 9.07. The zero-order chi connectivity index (χ0) is 17.9. The molecule has 1 unspecified atom stereocenters. The fourth-order valence-corrected chi connectivity index (χ4v) is 3.76. The second-order valence-electron chi connectivity index (χ2n) is 6.99. The highest BCUT2D eigenvalue weighted by Gasteiger charge is 2.36. The zero-order valence-electron chi connectivity index (χ0n) is 14.2. The normalized spacial score (nSPS) is 25.2. The van der Waals surface area contributed by atoms with Crippen molar-refractivity contribution >= 4 is 17.5 Å². The summed E-state index contributed by atoms with van der Waals surface area (Å²) in [5.41, 5.74) is -0.482. The maximum atomic E-state index is 13.2. The summed E-state index contributed by atoms with van der Waals surface area (Å²) < 4.78 is 18.7. The van der Waals surface area contributed by atoms with E-state index < -0.39 is 11.4 Å². The number of carbonyl (C=O) groups is 1. The van der Waals surface area contributed by atoms with Crippen LogP contribution in [0, 0.1) is 5.82 Å². The number of amides is 1. The van der Waals surface area contributed by atoms with Crippen molar-refractivity contribution in [2.45, 2.75) is 24.9 Å². The van der Waals surface area contributed by atoms with Gasteiger partial charge in [0.05, 0.1) is 26.2 Å². The molecule has 1 atom stereocenters. The molecule has 138 valence electrons. The summed E-state index contributed by atoms with van der Waals surface area (Å²) in [7, 11) is 0. The molecule has 1 aromatic rings. The van der Waals surface area contributed by atoms with Crippen molar-refractivity contribution in [1.82, 2.24) is 9.80 Å². The second-order valence-corrected chi connectivity index (χ2v) is 7.40. The monoisotopic (exact) mass is 370 g/mol. The Bertz CT molecular complexity index is 624. The number of benzene rings is 1. The molecule has 2 aliphatic heterocycles. The summed E-state index contributed by atoms with van der Waals surface area (Å²) in [5, 5.41) is 11.2. The average molecular weight is 371 g/mol. The van der Waals surface area contributed by atoms with E-state index in [-0.39, 0.29) is 30.5 Å². The smallest absolute Gasteiger partial charge is 0.227 e. The van der Waals surface area contributed by atoms with Crippen molar-refractivity contribution in [2.24, 2.45) is 0 Å². The summed E-state index contributed by atoms with van der Waals surface area (Å²) in [6, 6.07) is 4.03. The van der Waals surface area contributed by atoms with Crippen LogP contribution >= 0.6 is 11.6 Å². The van der Waals surface area contributed by atoms with Gasteiger partial charge in [0.15, 0.2) is 0 Å². The van der Waals surface area contributed by atoms with Gasteiger partial charge in [-0.15, -0.1) is 0 Å². The van der Waals surface area contributed by atoms with E-state index >= 15 is 0 Å². The Balaban J connectivity index is 1.66. The number of hydrogen-bond donors (Lipinski definition) is 1. The molecule has 1 N–H and O–H groups in total. The third kappa shape index (κ3) is 4.91. The van der Waals surface area contributed by atoms with E-state index in [4.69, 9.17) is 16.3 Å². The Morgan fingerprint density at radius 2 is 2.08 bits per heavy atom. The summed E-state index contributed by atoms with van der Waals surface area (Å²) in [4.78, 5) is 16.5. The van der Waals surface area contributed by atoms with E-state index in [0.717, 1.165) is 25.9 Å². The van der Waals surface area contributed by atoms with Crippen LogP contribution in [-0.4, -0.2) is 72.4 Å². The summed E-state index contributed by atoms with van der Waals surface area (Å²) in [6.45, 7) is 3.74. The quantitative estimate of drug-likeness (QED) is 0.876. The molecule has 0 radical (unpaired) electrons. The first kappa shape index (κ1) is 18.6. The van der Waals surface area contributed by atoms with Crippen LogP contribution in [0.1, 0.15) is 18.4 Å². The number of halogens is 2. The largest absolute Gasteiger partial charge is 0.384 e. The lowest BCUT2D eigenvalue weighted by Gasteiger charge is -2.34. The van der Waals surface area contributed by atoms with Crippen LogP contribution in [0.5, 0.6) is 0 Å². The van der Waals surface area contributed by atoms with E-state index in [0.29, 0.717) is 25.3 Å². The molecular formula is C18H24ClFN2O3. The molecule has 2 aliphatic rings. The molecule has 3 rings (SSSR count). The minimum atomic E-state index is -1.07. The van der Waals surface area contributed by atoms with Gasteiger partial charge in [-0.25, -0.2) is 4.39 Å². The molecule has 2 saturated heterocycles. The van der Waals surface area contributed by atoms with Gasteiger partial charge < -0.3 is 19.6 Å². The number of aliphatic hydroxyl groups is 1.